The fourth-order valence-corrected chi connectivity index (χ4v) is 3.05. The van der Waals surface area contributed by atoms with Gasteiger partial charge < -0.3 is 15.1 Å². The summed E-state index contributed by atoms with van der Waals surface area (Å²) in [5, 5.41) is 3.08. The maximum Gasteiger partial charge on any atom is 0.318 e. The summed E-state index contributed by atoms with van der Waals surface area (Å²) in [4.78, 5) is 16.5. The van der Waals surface area contributed by atoms with E-state index in [0.29, 0.717) is 19.6 Å². The van der Waals surface area contributed by atoms with Crippen LogP contribution < -0.4 is 5.32 Å². The van der Waals surface area contributed by atoms with Gasteiger partial charge in [-0.1, -0.05) is 54.6 Å². The van der Waals surface area contributed by atoms with Crippen LogP contribution >= 0.6 is 0 Å². The molecule has 4 nitrogen and oxygen atoms in total. The maximum absolute atomic E-state index is 12.5. The largest absolute Gasteiger partial charge is 0.336 e. The Morgan fingerprint density at radius 3 is 2.17 bits per heavy atom. The summed E-state index contributed by atoms with van der Waals surface area (Å²) in [6.07, 6.45) is 0. The number of hydrogen-bond acceptors (Lipinski definition) is 2. The molecule has 1 aliphatic rings. The number of likely N-dealkylation sites (N-methyl/N-ethyl adjacent to an activating group) is 1. The Labute approximate surface area is 137 Å². The first-order valence-corrected chi connectivity index (χ1v) is 7.96. The molecular formula is C19H23N3O. The van der Waals surface area contributed by atoms with Crippen LogP contribution in [0.25, 0.3) is 0 Å². The SMILES string of the molecule is CN(C)C(CNC(=O)N1Cc2ccccc2C1)c1ccccc1. The lowest BCUT2D eigenvalue weighted by molar-refractivity contribution is 0.193. The minimum absolute atomic E-state index is 0.00369. The summed E-state index contributed by atoms with van der Waals surface area (Å²) in [6, 6.07) is 18.7. The van der Waals surface area contributed by atoms with Gasteiger partial charge in [-0.25, -0.2) is 4.79 Å². The van der Waals surface area contributed by atoms with Crippen molar-refractivity contribution in [1.29, 1.82) is 0 Å². The van der Waals surface area contributed by atoms with Gasteiger partial charge in [0.05, 0.1) is 6.04 Å². The highest BCUT2D eigenvalue weighted by Crippen LogP contribution is 2.22. The van der Waals surface area contributed by atoms with Crippen molar-refractivity contribution in [3.8, 4) is 0 Å². The molecule has 1 N–H and O–H groups in total. The second kappa shape index (κ2) is 6.84. The molecule has 1 aliphatic heterocycles. The Balaban J connectivity index is 1.60. The predicted molar refractivity (Wildman–Crippen MR) is 92.0 cm³/mol. The van der Waals surface area contributed by atoms with E-state index in [1.807, 2.05) is 49.3 Å². The van der Waals surface area contributed by atoms with Crippen LogP contribution in [0.1, 0.15) is 22.7 Å². The molecule has 0 aliphatic carbocycles. The van der Waals surface area contributed by atoms with Crippen LogP contribution in [-0.4, -0.2) is 36.5 Å². The molecule has 1 unspecified atom stereocenters. The highest BCUT2D eigenvalue weighted by atomic mass is 16.2. The molecule has 1 heterocycles. The van der Waals surface area contributed by atoms with Gasteiger partial charge >= 0.3 is 6.03 Å². The molecule has 3 rings (SSSR count). The standard InChI is InChI=1S/C19H23N3O/c1-21(2)18(15-8-4-3-5-9-15)12-20-19(23)22-13-16-10-6-7-11-17(16)14-22/h3-11,18H,12-14H2,1-2H3,(H,20,23). The highest BCUT2D eigenvalue weighted by molar-refractivity contribution is 5.75. The lowest BCUT2D eigenvalue weighted by Crippen LogP contribution is -2.41. The second-order valence-corrected chi connectivity index (χ2v) is 6.20. The number of benzene rings is 2. The molecule has 1 atom stereocenters. The van der Waals surface area contributed by atoms with Crippen molar-refractivity contribution >= 4 is 6.03 Å². The summed E-state index contributed by atoms with van der Waals surface area (Å²) >= 11 is 0. The lowest BCUT2D eigenvalue weighted by atomic mass is 10.1. The van der Waals surface area contributed by atoms with Gasteiger partial charge in [0.1, 0.15) is 0 Å². The monoisotopic (exact) mass is 309 g/mol. The Morgan fingerprint density at radius 2 is 1.61 bits per heavy atom. The molecule has 0 fully saturated rings. The zero-order valence-electron chi connectivity index (χ0n) is 13.7. The number of rotatable bonds is 4. The molecule has 0 spiro atoms. The first-order chi connectivity index (χ1) is 11.1. The number of carbonyl (C=O) groups is 1. The molecule has 0 saturated heterocycles. The molecule has 120 valence electrons. The first kappa shape index (κ1) is 15.6. The third-order valence-corrected chi connectivity index (χ3v) is 4.38. The van der Waals surface area contributed by atoms with E-state index in [1.165, 1.54) is 16.7 Å². The van der Waals surface area contributed by atoms with Gasteiger partial charge in [-0.15, -0.1) is 0 Å². The molecule has 0 aromatic heterocycles. The van der Waals surface area contributed by atoms with Gasteiger partial charge in [0.25, 0.3) is 0 Å². The third kappa shape index (κ3) is 3.54. The molecule has 2 aromatic carbocycles. The minimum atomic E-state index is 0.00369. The molecule has 0 bridgehead atoms. The van der Waals surface area contributed by atoms with Gasteiger partial charge in [-0.05, 0) is 30.8 Å². The van der Waals surface area contributed by atoms with Gasteiger partial charge in [0.2, 0.25) is 0 Å². The van der Waals surface area contributed by atoms with E-state index in [1.54, 1.807) is 0 Å². The lowest BCUT2D eigenvalue weighted by Gasteiger charge is -2.26. The number of nitrogens with one attached hydrogen (secondary N) is 1. The van der Waals surface area contributed by atoms with Crippen molar-refractivity contribution in [2.24, 2.45) is 0 Å². The molecular weight excluding hydrogens is 286 g/mol. The van der Waals surface area contributed by atoms with E-state index in [2.05, 4.69) is 34.5 Å². The van der Waals surface area contributed by atoms with Crippen LogP contribution in [-0.2, 0) is 13.1 Å². The van der Waals surface area contributed by atoms with Gasteiger partial charge in [-0.2, -0.15) is 0 Å². The van der Waals surface area contributed by atoms with Gasteiger partial charge in [0.15, 0.2) is 0 Å². The summed E-state index contributed by atoms with van der Waals surface area (Å²) in [6.45, 7) is 1.99. The van der Waals surface area contributed by atoms with E-state index in [-0.39, 0.29) is 12.1 Å². The van der Waals surface area contributed by atoms with Crippen molar-refractivity contribution in [2.45, 2.75) is 19.1 Å². The van der Waals surface area contributed by atoms with Crippen LogP contribution in [0.3, 0.4) is 0 Å². The van der Waals surface area contributed by atoms with E-state index in [4.69, 9.17) is 0 Å². The van der Waals surface area contributed by atoms with Crippen molar-refractivity contribution in [1.82, 2.24) is 15.1 Å². The van der Waals surface area contributed by atoms with Crippen molar-refractivity contribution in [2.75, 3.05) is 20.6 Å². The summed E-state index contributed by atoms with van der Waals surface area (Å²) < 4.78 is 0. The topological polar surface area (TPSA) is 35.6 Å². The molecule has 2 amide bonds. The average molecular weight is 309 g/mol. The Hall–Kier alpha value is -2.33. The maximum atomic E-state index is 12.5. The molecule has 2 aromatic rings. The number of fused-ring (bicyclic) bond motifs is 1. The minimum Gasteiger partial charge on any atom is -0.336 e. The number of amides is 2. The quantitative estimate of drug-likeness (QED) is 0.942. The van der Waals surface area contributed by atoms with E-state index >= 15 is 0 Å². The van der Waals surface area contributed by atoms with Crippen LogP contribution in [0, 0.1) is 0 Å². The van der Waals surface area contributed by atoms with E-state index in [0.717, 1.165) is 0 Å². The van der Waals surface area contributed by atoms with Crippen molar-refractivity contribution in [3.05, 3.63) is 71.3 Å². The van der Waals surface area contributed by atoms with Crippen LogP contribution in [0.4, 0.5) is 4.79 Å². The van der Waals surface area contributed by atoms with Crippen molar-refractivity contribution < 1.29 is 4.79 Å². The number of urea groups is 1. The molecule has 4 heteroatoms. The predicted octanol–water partition coefficient (Wildman–Crippen LogP) is 3.01. The number of hydrogen-bond donors (Lipinski definition) is 1. The summed E-state index contributed by atoms with van der Waals surface area (Å²) in [5.41, 5.74) is 3.70. The second-order valence-electron chi connectivity index (χ2n) is 6.20. The first-order valence-electron chi connectivity index (χ1n) is 7.96. The van der Waals surface area contributed by atoms with Gasteiger partial charge in [-0.3, -0.25) is 0 Å². The Bertz CT molecular complexity index is 644. The zero-order chi connectivity index (χ0) is 16.2. The van der Waals surface area contributed by atoms with E-state index < -0.39 is 0 Å². The third-order valence-electron chi connectivity index (χ3n) is 4.38. The molecule has 0 radical (unpaired) electrons. The molecule has 23 heavy (non-hydrogen) atoms. The molecule has 0 saturated carbocycles. The van der Waals surface area contributed by atoms with Gasteiger partial charge in [0, 0.05) is 19.6 Å². The van der Waals surface area contributed by atoms with Crippen LogP contribution in [0.15, 0.2) is 54.6 Å². The summed E-state index contributed by atoms with van der Waals surface area (Å²) in [5.74, 6) is 0. The average Bonchev–Trinajstić information content (AvgIpc) is 2.99. The highest BCUT2D eigenvalue weighted by Gasteiger charge is 2.23. The Morgan fingerprint density at radius 1 is 1.04 bits per heavy atom. The number of nitrogens with zero attached hydrogens (tertiary/aromatic N) is 2. The van der Waals surface area contributed by atoms with Crippen molar-refractivity contribution in [3.63, 3.8) is 0 Å². The van der Waals surface area contributed by atoms with Crippen LogP contribution in [0.5, 0.6) is 0 Å². The fraction of sp³-hybridized carbons (Fsp3) is 0.316. The fourth-order valence-electron chi connectivity index (χ4n) is 3.05. The smallest absolute Gasteiger partial charge is 0.318 e. The normalized spacial score (nSPS) is 14.7. The Kier molecular flexibility index (Phi) is 4.63. The van der Waals surface area contributed by atoms with E-state index in [9.17, 15) is 4.79 Å². The number of carbonyl (C=O) groups excluding carboxylic acids is 1. The zero-order valence-corrected chi connectivity index (χ0v) is 13.7. The van der Waals surface area contributed by atoms with Crippen LogP contribution in [0.2, 0.25) is 0 Å². The summed E-state index contributed by atoms with van der Waals surface area (Å²) in [7, 11) is 4.07.